The number of aliphatic hydroxyl groups excluding tert-OH is 2. The van der Waals surface area contributed by atoms with Crippen molar-refractivity contribution in [3.05, 3.63) is 64.1 Å². The minimum absolute atomic E-state index is 0.0281. The first-order valence-electron chi connectivity index (χ1n) is 13.2. The number of fused-ring (bicyclic) bond motifs is 1. The number of carboxylic acid groups (broad SMARTS) is 1. The van der Waals surface area contributed by atoms with E-state index in [0.29, 0.717) is 29.4 Å². The van der Waals surface area contributed by atoms with Crippen molar-refractivity contribution in [2.24, 2.45) is 5.92 Å². The first kappa shape index (κ1) is 29.8. The van der Waals surface area contributed by atoms with Gasteiger partial charge in [-0.1, -0.05) is 36.3 Å². The fourth-order valence-corrected chi connectivity index (χ4v) is 5.24. The average molecular weight is 613 g/mol. The number of nitrogens with zero attached hydrogens (tertiary/aromatic N) is 5. The van der Waals surface area contributed by atoms with E-state index in [-0.39, 0.29) is 29.7 Å². The molecule has 0 bridgehead atoms. The summed E-state index contributed by atoms with van der Waals surface area (Å²) < 4.78 is 13.5. The summed E-state index contributed by atoms with van der Waals surface area (Å²) in [5, 5.41) is 36.2. The van der Waals surface area contributed by atoms with Gasteiger partial charge in [-0.3, -0.25) is 4.57 Å². The summed E-state index contributed by atoms with van der Waals surface area (Å²) in [7, 11) is 0. The van der Waals surface area contributed by atoms with Gasteiger partial charge in [0.2, 0.25) is 10.9 Å². The van der Waals surface area contributed by atoms with E-state index >= 15 is 0 Å². The monoisotopic (exact) mass is 612 g/mol. The lowest BCUT2D eigenvalue weighted by atomic mass is 9.91. The summed E-state index contributed by atoms with van der Waals surface area (Å²) in [4.78, 5) is 29.9. The Bertz CT molecular complexity index is 1540. The molecule has 1 aliphatic carbocycles. The number of hydrogen-bond acceptors (Lipinski definition) is 11. The molecule has 220 valence electrons. The van der Waals surface area contributed by atoms with Crippen molar-refractivity contribution in [3.63, 3.8) is 0 Å². The van der Waals surface area contributed by atoms with Crippen molar-refractivity contribution in [1.82, 2.24) is 24.5 Å². The van der Waals surface area contributed by atoms with E-state index in [2.05, 4.69) is 31.2 Å². The van der Waals surface area contributed by atoms with Gasteiger partial charge in [0.1, 0.15) is 6.10 Å². The van der Waals surface area contributed by atoms with Crippen LogP contribution in [0.3, 0.4) is 0 Å². The molecule has 0 radical (unpaired) electrons. The number of ether oxygens (including phenoxy) is 2. The van der Waals surface area contributed by atoms with Crippen LogP contribution in [0.2, 0.25) is 5.28 Å². The largest absolute Gasteiger partial charge is 0.479 e. The van der Waals surface area contributed by atoms with Gasteiger partial charge in [-0.25, -0.2) is 14.8 Å². The second kappa shape index (κ2) is 13.1. The molecule has 1 aliphatic rings. The van der Waals surface area contributed by atoms with Crippen molar-refractivity contribution in [2.45, 2.75) is 43.3 Å². The second-order valence-corrected chi connectivity index (χ2v) is 11.0. The van der Waals surface area contributed by atoms with E-state index in [1.54, 1.807) is 29.6 Å². The zero-order valence-electron chi connectivity index (χ0n) is 22.3. The Morgan fingerprint density at radius 1 is 1.29 bits per heavy atom. The van der Waals surface area contributed by atoms with Crippen molar-refractivity contribution in [1.29, 1.82) is 0 Å². The quantitative estimate of drug-likeness (QED) is 0.115. The first-order chi connectivity index (χ1) is 20.3. The first-order valence-corrected chi connectivity index (χ1v) is 14.5. The van der Waals surface area contributed by atoms with E-state index in [0.717, 1.165) is 12.8 Å². The van der Waals surface area contributed by atoms with Crippen LogP contribution in [0.1, 0.15) is 30.3 Å². The van der Waals surface area contributed by atoms with Crippen molar-refractivity contribution in [3.8, 4) is 12.3 Å². The van der Waals surface area contributed by atoms with E-state index < -0.39 is 36.6 Å². The maximum absolute atomic E-state index is 12.7. The number of imidazole rings is 1. The van der Waals surface area contributed by atoms with Gasteiger partial charge >= 0.3 is 5.97 Å². The molecule has 0 aliphatic heterocycles. The molecule has 3 heterocycles. The van der Waals surface area contributed by atoms with Crippen LogP contribution in [-0.2, 0) is 26.3 Å². The predicted molar refractivity (Wildman–Crippen MR) is 155 cm³/mol. The Balaban J connectivity index is 1.41. The molecule has 4 atom stereocenters. The van der Waals surface area contributed by atoms with E-state index in [1.165, 1.54) is 27.7 Å². The second-order valence-electron chi connectivity index (χ2n) is 9.91. The number of aliphatic carboxylic acids is 1. The number of anilines is 1. The molecule has 1 aromatic carbocycles. The summed E-state index contributed by atoms with van der Waals surface area (Å²) in [5.41, 5.74) is 1.21. The molecule has 4 aromatic rings. The van der Waals surface area contributed by atoms with Gasteiger partial charge in [-0.15, -0.1) is 17.8 Å². The Morgan fingerprint density at radius 3 is 2.71 bits per heavy atom. The number of nitrogens with one attached hydrogen (secondary N) is 1. The van der Waals surface area contributed by atoms with Crippen LogP contribution >= 0.6 is 22.9 Å². The minimum Gasteiger partial charge on any atom is -0.479 e. The van der Waals surface area contributed by atoms with Crippen molar-refractivity contribution in [2.75, 3.05) is 25.1 Å². The third-order valence-corrected chi connectivity index (χ3v) is 7.66. The normalized spacial score (nSPS) is 16.8. The number of thiazole rings is 1. The van der Waals surface area contributed by atoms with Crippen molar-refractivity contribution >= 4 is 45.9 Å². The SMILES string of the molecule is C#C[C@@H](O)[C@@H](O[C@@H](CO)CO[C@](Cc1ccccc1)(C(=O)O)c1cscn1)n1cnc2c(NCC3CC3)nc(Cl)nc21. The van der Waals surface area contributed by atoms with Crippen LogP contribution in [0, 0.1) is 18.3 Å². The van der Waals surface area contributed by atoms with Gasteiger partial charge in [0.15, 0.2) is 29.3 Å². The topological polar surface area (TPSA) is 165 Å². The molecule has 0 unspecified atom stereocenters. The molecule has 0 amide bonds. The third kappa shape index (κ3) is 6.54. The van der Waals surface area contributed by atoms with E-state index in [9.17, 15) is 20.1 Å². The zero-order chi connectivity index (χ0) is 29.7. The number of aliphatic hydroxyl groups is 2. The highest BCUT2D eigenvalue weighted by Crippen LogP contribution is 2.33. The lowest BCUT2D eigenvalue weighted by Gasteiger charge is -2.32. The van der Waals surface area contributed by atoms with Gasteiger partial charge in [0.25, 0.3) is 0 Å². The number of rotatable bonds is 15. The molecule has 0 saturated heterocycles. The van der Waals surface area contributed by atoms with Gasteiger partial charge in [-0.05, 0) is 35.9 Å². The van der Waals surface area contributed by atoms with E-state index in [1.807, 2.05) is 6.07 Å². The Hall–Kier alpha value is -3.64. The maximum Gasteiger partial charge on any atom is 0.342 e. The lowest BCUT2D eigenvalue weighted by molar-refractivity contribution is -0.185. The number of terminal acetylenes is 1. The third-order valence-electron chi connectivity index (χ3n) is 6.90. The van der Waals surface area contributed by atoms with Crippen molar-refractivity contribution < 1.29 is 29.6 Å². The van der Waals surface area contributed by atoms with Crippen LogP contribution in [-0.4, -0.2) is 77.8 Å². The number of hydrogen-bond donors (Lipinski definition) is 4. The van der Waals surface area contributed by atoms with Gasteiger partial charge in [0.05, 0.1) is 30.7 Å². The summed E-state index contributed by atoms with van der Waals surface area (Å²) in [6.45, 7) is -0.251. The lowest BCUT2D eigenvalue weighted by Crippen LogP contribution is -2.44. The van der Waals surface area contributed by atoms with Gasteiger partial charge in [0, 0.05) is 18.3 Å². The molecule has 1 fully saturated rings. The van der Waals surface area contributed by atoms with Crippen LogP contribution < -0.4 is 5.32 Å². The fourth-order valence-electron chi connectivity index (χ4n) is 4.46. The summed E-state index contributed by atoms with van der Waals surface area (Å²) in [6, 6.07) is 9.00. The smallest absolute Gasteiger partial charge is 0.342 e. The van der Waals surface area contributed by atoms with Crippen LogP contribution in [0.15, 0.2) is 47.5 Å². The molecule has 3 aromatic heterocycles. The average Bonchev–Trinajstić information content (AvgIpc) is 3.46. The number of carboxylic acids is 1. The Kier molecular flexibility index (Phi) is 9.32. The van der Waals surface area contributed by atoms with Gasteiger partial charge in [-0.2, -0.15) is 9.97 Å². The predicted octanol–water partition coefficient (Wildman–Crippen LogP) is 2.87. The Labute approximate surface area is 250 Å². The molecule has 42 heavy (non-hydrogen) atoms. The van der Waals surface area contributed by atoms with E-state index in [4.69, 9.17) is 27.5 Å². The fraction of sp³-hybridized carbons (Fsp3) is 0.393. The van der Waals surface area contributed by atoms with Crippen LogP contribution in [0.4, 0.5) is 5.82 Å². The molecule has 5 rings (SSSR count). The standard InChI is InChI=1S/C28H29ClN6O6S/c1-2-20(37)25(35-15-31-22-23(30-11-18-8-9-18)33-27(29)34-24(22)35)41-19(12-36)13-40-28(26(38)39,21-14-42-16-32-21)10-17-6-4-3-5-7-17/h1,3-7,14-16,18-20,25,36-37H,8-13H2,(H,38,39)(H,30,33,34)/t19-,20+,25+,28-/m0/s1. The Morgan fingerprint density at radius 2 is 2.07 bits per heavy atom. The van der Waals surface area contributed by atoms with Crippen LogP contribution in [0.25, 0.3) is 11.2 Å². The van der Waals surface area contributed by atoms with Crippen LogP contribution in [0.5, 0.6) is 0 Å². The highest BCUT2D eigenvalue weighted by Gasteiger charge is 2.44. The molecule has 14 heteroatoms. The molecule has 12 nitrogen and oxygen atoms in total. The molecule has 0 spiro atoms. The number of benzene rings is 1. The maximum atomic E-state index is 12.7. The highest BCUT2D eigenvalue weighted by molar-refractivity contribution is 7.07. The molecular weight excluding hydrogens is 584 g/mol. The number of aromatic nitrogens is 5. The summed E-state index contributed by atoms with van der Waals surface area (Å²) >= 11 is 7.45. The van der Waals surface area contributed by atoms with Gasteiger partial charge < -0.3 is 30.1 Å². The molecule has 1 saturated carbocycles. The highest BCUT2D eigenvalue weighted by atomic mass is 35.5. The number of carbonyl (C=O) groups is 1. The summed E-state index contributed by atoms with van der Waals surface area (Å²) in [5.74, 6) is 1.97. The zero-order valence-corrected chi connectivity index (χ0v) is 23.9. The molecule has 4 N–H and O–H groups in total. The molecular formula is C28H29ClN6O6S. The summed E-state index contributed by atoms with van der Waals surface area (Å²) in [6.07, 6.45) is 5.28. The minimum atomic E-state index is -1.87. The number of halogens is 1.